The molecule has 0 atom stereocenters. The molecule has 0 radical (unpaired) electrons. The van der Waals surface area contributed by atoms with Gasteiger partial charge in [0.2, 0.25) is 0 Å². The van der Waals surface area contributed by atoms with Gasteiger partial charge in [-0.2, -0.15) is 0 Å². The van der Waals surface area contributed by atoms with E-state index < -0.39 is 15.8 Å². The molecule has 0 fully saturated rings. The Morgan fingerprint density at radius 3 is 2.45 bits per heavy atom. The lowest BCUT2D eigenvalue weighted by molar-refractivity contribution is 0.600. The standard InChI is InChI=1S/C13H10Br2FNO2S/c1-8-6-10(16)3-5-12(8)17-20(18,19)13-7-9(14)2-4-11(13)15/h2-7,17H,1H3. The van der Waals surface area contributed by atoms with Gasteiger partial charge in [0.15, 0.2) is 0 Å². The van der Waals surface area contributed by atoms with Crippen molar-refractivity contribution in [2.45, 2.75) is 11.8 Å². The van der Waals surface area contributed by atoms with Crippen molar-refractivity contribution < 1.29 is 12.8 Å². The molecule has 0 unspecified atom stereocenters. The highest BCUT2D eigenvalue weighted by molar-refractivity contribution is 9.11. The van der Waals surface area contributed by atoms with E-state index in [4.69, 9.17) is 0 Å². The third kappa shape index (κ3) is 3.39. The molecule has 0 amide bonds. The summed E-state index contributed by atoms with van der Waals surface area (Å²) >= 11 is 6.45. The van der Waals surface area contributed by atoms with E-state index in [0.29, 0.717) is 20.2 Å². The van der Waals surface area contributed by atoms with Gasteiger partial charge in [0.25, 0.3) is 10.0 Å². The van der Waals surface area contributed by atoms with E-state index in [1.165, 1.54) is 24.3 Å². The summed E-state index contributed by atoms with van der Waals surface area (Å²) in [5.41, 5.74) is 0.859. The largest absolute Gasteiger partial charge is 0.279 e. The van der Waals surface area contributed by atoms with Crippen LogP contribution in [0.1, 0.15) is 5.56 Å². The Morgan fingerprint density at radius 2 is 1.80 bits per heavy atom. The summed E-state index contributed by atoms with van der Waals surface area (Å²) in [6, 6.07) is 8.73. The molecule has 3 nitrogen and oxygen atoms in total. The van der Waals surface area contributed by atoms with Crippen LogP contribution in [-0.2, 0) is 10.0 Å². The molecular weight excluding hydrogens is 413 g/mol. The molecule has 0 aliphatic carbocycles. The first kappa shape index (κ1) is 15.5. The fourth-order valence-corrected chi connectivity index (χ4v) is 4.26. The van der Waals surface area contributed by atoms with Crippen molar-refractivity contribution in [1.82, 2.24) is 0 Å². The molecule has 2 aromatic rings. The van der Waals surface area contributed by atoms with E-state index in [2.05, 4.69) is 36.6 Å². The highest BCUT2D eigenvalue weighted by Crippen LogP contribution is 2.28. The Morgan fingerprint density at radius 1 is 1.10 bits per heavy atom. The van der Waals surface area contributed by atoms with Crippen LogP contribution in [0.25, 0.3) is 0 Å². The fourth-order valence-electron chi connectivity index (χ4n) is 1.62. The maximum atomic E-state index is 13.0. The molecule has 0 heterocycles. The van der Waals surface area contributed by atoms with Gasteiger partial charge in [-0.15, -0.1) is 0 Å². The molecule has 2 aromatic carbocycles. The Hall–Kier alpha value is -0.920. The van der Waals surface area contributed by atoms with Gasteiger partial charge in [-0.25, -0.2) is 12.8 Å². The van der Waals surface area contributed by atoms with Crippen molar-refractivity contribution in [3.05, 3.63) is 56.7 Å². The van der Waals surface area contributed by atoms with E-state index in [0.717, 1.165) is 0 Å². The van der Waals surface area contributed by atoms with Gasteiger partial charge < -0.3 is 0 Å². The smallest absolute Gasteiger partial charge is 0.263 e. The summed E-state index contributed by atoms with van der Waals surface area (Å²) in [7, 11) is -3.75. The topological polar surface area (TPSA) is 46.2 Å². The summed E-state index contributed by atoms with van der Waals surface area (Å²) in [5.74, 6) is -0.408. The molecule has 0 aromatic heterocycles. The van der Waals surface area contributed by atoms with Crippen molar-refractivity contribution >= 4 is 47.6 Å². The number of nitrogens with one attached hydrogen (secondary N) is 1. The maximum absolute atomic E-state index is 13.0. The van der Waals surface area contributed by atoms with E-state index in [1.54, 1.807) is 19.1 Å². The Bertz CT molecular complexity index is 763. The monoisotopic (exact) mass is 421 g/mol. The molecule has 0 saturated carbocycles. The van der Waals surface area contributed by atoms with Gasteiger partial charge in [0, 0.05) is 8.95 Å². The van der Waals surface area contributed by atoms with Crippen molar-refractivity contribution in [1.29, 1.82) is 0 Å². The zero-order valence-electron chi connectivity index (χ0n) is 10.3. The second kappa shape index (κ2) is 5.83. The minimum absolute atomic E-state index is 0.107. The number of halogens is 3. The molecule has 0 spiro atoms. The van der Waals surface area contributed by atoms with Gasteiger partial charge >= 0.3 is 0 Å². The zero-order valence-corrected chi connectivity index (χ0v) is 14.3. The van der Waals surface area contributed by atoms with Crippen molar-refractivity contribution in [3.63, 3.8) is 0 Å². The quantitative estimate of drug-likeness (QED) is 0.793. The lowest BCUT2D eigenvalue weighted by Crippen LogP contribution is -2.14. The molecule has 1 N–H and O–H groups in total. The highest BCUT2D eigenvalue weighted by atomic mass is 79.9. The third-order valence-electron chi connectivity index (χ3n) is 2.62. The second-order valence-corrected chi connectivity index (χ2v) is 7.56. The van der Waals surface area contributed by atoms with E-state index >= 15 is 0 Å². The predicted molar refractivity (Wildman–Crippen MR) is 83.8 cm³/mol. The molecule has 0 aliphatic rings. The summed E-state index contributed by atoms with van der Waals surface area (Å²) in [5, 5.41) is 0. The Labute approximate surface area is 133 Å². The van der Waals surface area contributed by atoms with Crippen LogP contribution in [0.15, 0.2) is 50.2 Å². The number of hydrogen-bond acceptors (Lipinski definition) is 2. The first-order valence-corrected chi connectivity index (χ1v) is 8.60. The predicted octanol–water partition coefficient (Wildman–Crippen LogP) is 4.46. The van der Waals surface area contributed by atoms with Gasteiger partial charge in [-0.1, -0.05) is 15.9 Å². The number of aryl methyl sites for hydroxylation is 1. The van der Waals surface area contributed by atoms with Crippen LogP contribution in [0.2, 0.25) is 0 Å². The van der Waals surface area contributed by atoms with Crippen LogP contribution in [0, 0.1) is 12.7 Å². The van der Waals surface area contributed by atoms with E-state index in [1.807, 2.05) is 0 Å². The average Bonchev–Trinajstić information content (AvgIpc) is 2.35. The minimum atomic E-state index is -3.75. The van der Waals surface area contributed by atoms with Gasteiger partial charge in [0.1, 0.15) is 10.7 Å². The minimum Gasteiger partial charge on any atom is -0.279 e. The molecule has 0 saturated heterocycles. The lowest BCUT2D eigenvalue weighted by atomic mass is 10.2. The van der Waals surface area contributed by atoms with Crippen LogP contribution in [0.3, 0.4) is 0 Å². The number of sulfonamides is 1. The zero-order chi connectivity index (χ0) is 14.9. The number of benzene rings is 2. The summed E-state index contributed by atoms with van der Waals surface area (Å²) in [6.45, 7) is 1.64. The highest BCUT2D eigenvalue weighted by Gasteiger charge is 2.19. The van der Waals surface area contributed by atoms with Crippen LogP contribution >= 0.6 is 31.9 Å². The summed E-state index contributed by atoms with van der Waals surface area (Å²) < 4.78 is 41.3. The normalized spacial score (nSPS) is 11.4. The molecule has 106 valence electrons. The Balaban J connectivity index is 2.43. The fraction of sp³-hybridized carbons (Fsp3) is 0.0769. The maximum Gasteiger partial charge on any atom is 0.263 e. The SMILES string of the molecule is Cc1cc(F)ccc1NS(=O)(=O)c1cc(Br)ccc1Br. The molecular formula is C13H10Br2FNO2S. The molecule has 2 rings (SSSR count). The second-order valence-electron chi connectivity index (χ2n) is 4.14. The van der Waals surface area contributed by atoms with Crippen LogP contribution in [0.5, 0.6) is 0 Å². The third-order valence-corrected chi connectivity index (χ3v) is 5.47. The van der Waals surface area contributed by atoms with Crippen molar-refractivity contribution in [2.24, 2.45) is 0 Å². The van der Waals surface area contributed by atoms with Gasteiger partial charge in [0.05, 0.1) is 5.69 Å². The Kier molecular flexibility index (Phi) is 4.51. The number of anilines is 1. The molecule has 0 bridgehead atoms. The summed E-state index contributed by atoms with van der Waals surface area (Å²) in [4.78, 5) is 0.107. The van der Waals surface area contributed by atoms with Crippen molar-refractivity contribution in [3.8, 4) is 0 Å². The molecule has 20 heavy (non-hydrogen) atoms. The van der Waals surface area contributed by atoms with Crippen molar-refractivity contribution in [2.75, 3.05) is 4.72 Å². The van der Waals surface area contributed by atoms with E-state index in [9.17, 15) is 12.8 Å². The van der Waals surface area contributed by atoms with Gasteiger partial charge in [-0.05, 0) is 64.8 Å². The van der Waals surface area contributed by atoms with Crippen LogP contribution < -0.4 is 4.72 Å². The number of hydrogen-bond donors (Lipinski definition) is 1. The lowest BCUT2D eigenvalue weighted by Gasteiger charge is -2.12. The van der Waals surface area contributed by atoms with Crippen LogP contribution in [-0.4, -0.2) is 8.42 Å². The summed E-state index contributed by atoms with van der Waals surface area (Å²) in [6.07, 6.45) is 0. The number of rotatable bonds is 3. The van der Waals surface area contributed by atoms with Gasteiger partial charge in [-0.3, -0.25) is 4.72 Å². The van der Waals surface area contributed by atoms with E-state index in [-0.39, 0.29) is 4.90 Å². The first-order chi connectivity index (χ1) is 9.29. The van der Waals surface area contributed by atoms with Crippen LogP contribution in [0.4, 0.5) is 10.1 Å². The molecule has 0 aliphatic heterocycles. The first-order valence-electron chi connectivity index (χ1n) is 5.53. The molecule has 7 heteroatoms. The average molecular weight is 423 g/mol.